The average Bonchev–Trinajstić information content (AvgIpc) is 3.43. The second-order valence-electron chi connectivity index (χ2n) is 8.20. The molecule has 3 atom stereocenters. The number of pyridine rings is 1. The van der Waals surface area contributed by atoms with Gasteiger partial charge in [-0.1, -0.05) is 49.0 Å². The third-order valence-electron chi connectivity index (χ3n) is 6.16. The van der Waals surface area contributed by atoms with E-state index in [1.165, 1.54) is 5.56 Å². The monoisotopic (exact) mass is 459 g/mol. The number of benzene rings is 2. The minimum Gasteiger partial charge on any atom is -0.489 e. The number of ether oxygens (including phenoxy) is 1. The van der Waals surface area contributed by atoms with Gasteiger partial charge in [0.2, 0.25) is 0 Å². The van der Waals surface area contributed by atoms with Crippen molar-refractivity contribution in [1.29, 1.82) is 0 Å². The zero-order valence-electron chi connectivity index (χ0n) is 18.3. The maximum Gasteiger partial charge on any atom is 0.335 e. The van der Waals surface area contributed by atoms with Gasteiger partial charge in [-0.15, -0.1) is 0 Å². The topological polar surface area (TPSA) is 75.0 Å². The summed E-state index contributed by atoms with van der Waals surface area (Å²) in [5.74, 6) is 0.920. The van der Waals surface area contributed by atoms with Crippen molar-refractivity contribution in [3.05, 3.63) is 95.3 Å². The first kappa shape index (κ1) is 21.5. The molecule has 1 saturated heterocycles. The van der Waals surface area contributed by atoms with Crippen molar-refractivity contribution in [3.63, 3.8) is 0 Å². The second kappa shape index (κ2) is 9.27. The molecule has 1 N–H and O–H groups in total. The average molecular weight is 460 g/mol. The largest absolute Gasteiger partial charge is 0.489 e. The van der Waals surface area contributed by atoms with Gasteiger partial charge >= 0.3 is 5.97 Å². The number of carbonyl (C=O) groups is 1. The van der Waals surface area contributed by atoms with Crippen LogP contribution in [0.5, 0.6) is 5.75 Å². The number of nitrogens with zero attached hydrogens (tertiary/aromatic N) is 3. The molecule has 7 heteroatoms. The molecule has 0 spiro atoms. The molecule has 1 aromatic heterocycles. The molecule has 3 heterocycles. The number of rotatable bonds is 7. The highest BCUT2D eigenvalue weighted by Gasteiger charge is 2.45. The van der Waals surface area contributed by atoms with E-state index in [-0.39, 0.29) is 17.6 Å². The van der Waals surface area contributed by atoms with Crippen molar-refractivity contribution in [1.82, 2.24) is 9.88 Å². The number of carboxylic acid groups (broad SMARTS) is 1. The summed E-state index contributed by atoms with van der Waals surface area (Å²) in [4.78, 5) is 23.2. The number of carboxylic acids is 1. The molecular weight excluding hydrogens is 434 g/mol. The normalized spacial score (nSPS) is 21.5. The fraction of sp³-hybridized carbons (Fsp3) is 0.269. The van der Waals surface area contributed by atoms with Crippen molar-refractivity contribution >= 4 is 22.9 Å². The zero-order chi connectivity index (χ0) is 22.8. The highest BCUT2D eigenvalue weighted by molar-refractivity contribution is 8.14. The van der Waals surface area contributed by atoms with Crippen LogP contribution in [0.4, 0.5) is 0 Å². The third-order valence-corrected chi connectivity index (χ3v) is 7.28. The number of thioether (sulfide) groups is 1. The molecular formula is C26H25N3O3S. The summed E-state index contributed by atoms with van der Waals surface area (Å²) < 4.78 is 5.94. The van der Waals surface area contributed by atoms with Gasteiger partial charge in [0.05, 0.1) is 17.3 Å². The van der Waals surface area contributed by atoms with Crippen molar-refractivity contribution in [2.24, 2.45) is 4.99 Å². The van der Waals surface area contributed by atoms with Crippen LogP contribution in [0, 0.1) is 0 Å². The van der Waals surface area contributed by atoms with Gasteiger partial charge in [0.25, 0.3) is 0 Å². The summed E-state index contributed by atoms with van der Waals surface area (Å²) in [5, 5.41) is 10.1. The molecule has 0 radical (unpaired) electrons. The molecule has 0 aliphatic carbocycles. The fourth-order valence-electron chi connectivity index (χ4n) is 4.38. The Morgan fingerprint density at radius 1 is 1.12 bits per heavy atom. The smallest absolute Gasteiger partial charge is 0.335 e. The Balaban J connectivity index is 1.34. The van der Waals surface area contributed by atoms with E-state index in [1.807, 2.05) is 42.2 Å². The van der Waals surface area contributed by atoms with Gasteiger partial charge in [-0.3, -0.25) is 9.98 Å². The quantitative estimate of drug-likeness (QED) is 0.514. The summed E-state index contributed by atoms with van der Waals surface area (Å²) in [6.45, 7) is 2.62. The predicted molar refractivity (Wildman–Crippen MR) is 130 cm³/mol. The number of aromatic carboxylic acids is 1. The van der Waals surface area contributed by atoms with Crippen LogP contribution < -0.4 is 4.74 Å². The Morgan fingerprint density at radius 3 is 2.58 bits per heavy atom. The molecule has 6 nitrogen and oxygen atoms in total. The predicted octanol–water partition coefficient (Wildman–Crippen LogP) is 5.34. The van der Waals surface area contributed by atoms with Crippen LogP contribution in [-0.2, 0) is 6.61 Å². The van der Waals surface area contributed by atoms with E-state index in [1.54, 1.807) is 24.3 Å². The highest BCUT2D eigenvalue weighted by Crippen LogP contribution is 2.48. The van der Waals surface area contributed by atoms with Gasteiger partial charge in [0.15, 0.2) is 5.17 Å². The lowest BCUT2D eigenvalue weighted by Gasteiger charge is -2.32. The third kappa shape index (κ3) is 4.33. The molecule has 2 aliphatic heterocycles. The van der Waals surface area contributed by atoms with Crippen LogP contribution in [0.3, 0.4) is 0 Å². The fourth-order valence-corrected chi connectivity index (χ4v) is 5.72. The zero-order valence-corrected chi connectivity index (χ0v) is 19.1. The number of amidine groups is 1. The van der Waals surface area contributed by atoms with E-state index in [0.717, 1.165) is 34.3 Å². The van der Waals surface area contributed by atoms with E-state index >= 15 is 0 Å². The summed E-state index contributed by atoms with van der Waals surface area (Å²) in [6.07, 6.45) is 2.92. The lowest BCUT2D eigenvalue weighted by atomic mass is 9.95. The van der Waals surface area contributed by atoms with Crippen LogP contribution in [0.15, 0.2) is 77.9 Å². The number of aliphatic imine (C=N–C) groups is 1. The van der Waals surface area contributed by atoms with Crippen molar-refractivity contribution < 1.29 is 14.6 Å². The molecule has 1 fully saturated rings. The molecule has 33 heavy (non-hydrogen) atoms. The summed E-state index contributed by atoms with van der Waals surface area (Å²) >= 11 is 1.84. The number of aromatic nitrogens is 1. The van der Waals surface area contributed by atoms with E-state index in [9.17, 15) is 4.79 Å². The molecule has 0 saturated carbocycles. The Hall–Kier alpha value is -3.32. The van der Waals surface area contributed by atoms with Gasteiger partial charge in [0.1, 0.15) is 18.4 Å². The van der Waals surface area contributed by atoms with Crippen LogP contribution >= 0.6 is 11.8 Å². The maximum absolute atomic E-state index is 11.0. The van der Waals surface area contributed by atoms with Crippen LogP contribution in [0.2, 0.25) is 0 Å². The lowest BCUT2D eigenvalue weighted by Crippen LogP contribution is -2.35. The molecule has 5 rings (SSSR count). The Labute approximate surface area is 197 Å². The summed E-state index contributed by atoms with van der Waals surface area (Å²) in [7, 11) is 0. The molecule has 0 unspecified atom stereocenters. The minimum absolute atomic E-state index is 0.0254. The molecule has 0 bridgehead atoms. The number of fused-ring (bicyclic) bond motifs is 1. The van der Waals surface area contributed by atoms with Crippen LogP contribution in [0.1, 0.15) is 52.6 Å². The Morgan fingerprint density at radius 2 is 1.91 bits per heavy atom. The van der Waals surface area contributed by atoms with Gasteiger partial charge in [-0.05, 0) is 53.9 Å². The van der Waals surface area contributed by atoms with Crippen molar-refractivity contribution in [2.75, 3.05) is 5.75 Å². The SMILES string of the molecule is CC[C@@H]1CSC2=N[C@H](c3ccccn3)[C@H](c3ccc(OCc4ccc(C(=O)O)cc4)cc3)N21. The Bertz CT molecular complexity index is 1150. The van der Waals surface area contributed by atoms with Crippen molar-refractivity contribution in [3.8, 4) is 5.75 Å². The van der Waals surface area contributed by atoms with E-state index in [4.69, 9.17) is 14.8 Å². The first-order chi connectivity index (χ1) is 16.1. The summed E-state index contributed by atoms with van der Waals surface area (Å²) in [5.41, 5.74) is 3.38. The molecule has 0 amide bonds. The maximum atomic E-state index is 11.0. The highest BCUT2D eigenvalue weighted by atomic mass is 32.2. The number of hydrogen-bond donors (Lipinski definition) is 1. The van der Waals surface area contributed by atoms with Crippen LogP contribution in [0.25, 0.3) is 0 Å². The second-order valence-corrected chi connectivity index (χ2v) is 9.18. The van der Waals surface area contributed by atoms with Crippen molar-refractivity contribution in [2.45, 2.75) is 38.1 Å². The first-order valence-corrected chi connectivity index (χ1v) is 12.1. The number of hydrogen-bond acceptors (Lipinski definition) is 6. The standard InChI is InChI=1S/C26H25N3O3S/c1-2-20-16-33-26-28-23(22-5-3-4-14-27-22)24(29(20)26)18-10-12-21(13-11-18)32-15-17-6-8-19(9-7-17)25(30)31/h3-14,20,23-24H,2,15-16H2,1H3,(H,30,31)/t20-,23-,24+/m1/s1. The summed E-state index contributed by atoms with van der Waals surface area (Å²) in [6, 6.07) is 21.6. The van der Waals surface area contributed by atoms with Gasteiger partial charge < -0.3 is 14.7 Å². The van der Waals surface area contributed by atoms with E-state index < -0.39 is 5.97 Å². The van der Waals surface area contributed by atoms with Crippen LogP contribution in [-0.4, -0.2) is 37.9 Å². The molecule has 2 aromatic carbocycles. The van der Waals surface area contributed by atoms with Gasteiger partial charge in [0, 0.05) is 18.0 Å². The Kier molecular flexibility index (Phi) is 6.05. The molecule has 3 aromatic rings. The lowest BCUT2D eigenvalue weighted by molar-refractivity contribution is 0.0697. The minimum atomic E-state index is -0.928. The van der Waals surface area contributed by atoms with Gasteiger partial charge in [-0.25, -0.2) is 4.79 Å². The van der Waals surface area contributed by atoms with E-state index in [2.05, 4.69) is 35.0 Å². The first-order valence-electron chi connectivity index (χ1n) is 11.1. The molecule has 168 valence electrons. The van der Waals surface area contributed by atoms with E-state index in [0.29, 0.717) is 12.6 Å². The van der Waals surface area contributed by atoms with Gasteiger partial charge in [-0.2, -0.15) is 0 Å². The molecule has 2 aliphatic rings.